The minimum atomic E-state index is -0.360. The van der Waals surface area contributed by atoms with Crippen LogP contribution in [0.2, 0.25) is 0 Å². The van der Waals surface area contributed by atoms with Crippen molar-refractivity contribution in [3.63, 3.8) is 0 Å². The quantitative estimate of drug-likeness (QED) is 0.765. The molecular formula is C15H11O3. The van der Waals surface area contributed by atoms with Gasteiger partial charge in [-0.15, -0.1) is 0 Å². The Labute approximate surface area is 105 Å². The minimum absolute atomic E-state index is 0.360. The third-order valence-corrected chi connectivity index (χ3v) is 3.24. The predicted molar refractivity (Wildman–Crippen MR) is 64.9 cm³/mol. The summed E-state index contributed by atoms with van der Waals surface area (Å²) in [6.07, 6.45) is 0.595. The van der Waals surface area contributed by atoms with Crippen molar-refractivity contribution in [1.29, 1.82) is 0 Å². The Kier molecular flexibility index (Phi) is 2.00. The number of fused-ring (bicyclic) bond motifs is 2. The smallest absolute Gasteiger partial charge is 0.267 e. The second kappa shape index (κ2) is 3.67. The van der Waals surface area contributed by atoms with E-state index in [2.05, 4.69) is 12.1 Å². The first-order chi connectivity index (χ1) is 8.90. The SMILES string of the molecule is [c]1ccc2c(c1)OC(c1ccc3c(c1)CCO3)O2. The van der Waals surface area contributed by atoms with E-state index in [1.807, 2.05) is 24.3 Å². The van der Waals surface area contributed by atoms with Gasteiger partial charge in [-0.3, -0.25) is 0 Å². The monoisotopic (exact) mass is 239 g/mol. The largest absolute Gasteiger partial charge is 0.493 e. The van der Waals surface area contributed by atoms with Crippen molar-refractivity contribution in [2.24, 2.45) is 0 Å². The molecule has 18 heavy (non-hydrogen) atoms. The van der Waals surface area contributed by atoms with Gasteiger partial charge in [0.2, 0.25) is 0 Å². The summed E-state index contributed by atoms with van der Waals surface area (Å²) in [7, 11) is 0. The van der Waals surface area contributed by atoms with Gasteiger partial charge < -0.3 is 14.2 Å². The van der Waals surface area contributed by atoms with E-state index < -0.39 is 0 Å². The van der Waals surface area contributed by atoms with Gasteiger partial charge in [-0.1, -0.05) is 6.07 Å². The van der Waals surface area contributed by atoms with E-state index in [-0.39, 0.29) is 6.29 Å². The lowest BCUT2D eigenvalue weighted by atomic mass is 10.1. The molecule has 0 spiro atoms. The summed E-state index contributed by atoms with van der Waals surface area (Å²) in [6.45, 7) is 0.764. The fraction of sp³-hybridized carbons (Fsp3) is 0.200. The average molecular weight is 239 g/mol. The van der Waals surface area contributed by atoms with Crippen LogP contribution in [-0.4, -0.2) is 6.61 Å². The molecule has 2 aromatic rings. The highest BCUT2D eigenvalue weighted by Gasteiger charge is 2.26. The van der Waals surface area contributed by atoms with Crippen molar-refractivity contribution in [3.8, 4) is 17.2 Å². The first-order valence-electron chi connectivity index (χ1n) is 5.99. The number of benzene rings is 2. The maximum atomic E-state index is 5.77. The fourth-order valence-electron chi connectivity index (χ4n) is 2.33. The molecule has 0 bridgehead atoms. The van der Waals surface area contributed by atoms with Crippen molar-refractivity contribution in [2.45, 2.75) is 12.7 Å². The van der Waals surface area contributed by atoms with Crippen LogP contribution in [-0.2, 0) is 6.42 Å². The van der Waals surface area contributed by atoms with Gasteiger partial charge in [-0.05, 0) is 42.0 Å². The summed E-state index contributed by atoms with van der Waals surface area (Å²) in [5.41, 5.74) is 2.25. The van der Waals surface area contributed by atoms with E-state index in [0.717, 1.165) is 35.8 Å². The Hall–Kier alpha value is -2.16. The van der Waals surface area contributed by atoms with E-state index >= 15 is 0 Å². The molecule has 1 radical (unpaired) electrons. The fourth-order valence-corrected chi connectivity index (χ4v) is 2.33. The molecule has 0 saturated carbocycles. The first-order valence-corrected chi connectivity index (χ1v) is 5.99. The molecule has 2 aliphatic rings. The highest BCUT2D eigenvalue weighted by Crippen LogP contribution is 2.40. The second-order valence-corrected chi connectivity index (χ2v) is 4.41. The van der Waals surface area contributed by atoms with Crippen molar-refractivity contribution in [3.05, 3.63) is 53.6 Å². The summed E-state index contributed by atoms with van der Waals surface area (Å²) in [5, 5.41) is 0. The maximum Gasteiger partial charge on any atom is 0.267 e. The highest BCUT2D eigenvalue weighted by molar-refractivity contribution is 5.45. The molecule has 0 aliphatic carbocycles. The van der Waals surface area contributed by atoms with Crippen molar-refractivity contribution in [2.75, 3.05) is 6.61 Å². The number of hydrogen-bond acceptors (Lipinski definition) is 3. The van der Waals surface area contributed by atoms with Crippen LogP contribution in [0.3, 0.4) is 0 Å². The Balaban J connectivity index is 1.66. The molecule has 2 heterocycles. The molecule has 89 valence electrons. The zero-order valence-corrected chi connectivity index (χ0v) is 9.68. The molecule has 2 aliphatic heterocycles. The lowest BCUT2D eigenvalue weighted by Gasteiger charge is -2.11. The van der Waals surface area contributed by atoms with Gasteiger partial charge in [0, 0.05) is 12.0 Å². The van der Waals surface area contributed by atoms with Crippen LogP contribution in [0, 0.1) is 6.07 Å². The lowest BCUT2D eigenvalue weighted by molar-refractivity contribution is 0.0486. The van der Waals surface area contributed by atoms with E-state index in [4.69, 9.17) is 14.2 Å². The van der Waals surface area contributed by atoms with Crippen molar-refractivity contribution in [1.82, 2.24) is 0 Å². The standard InChI is InChI=1S/C15H11O3/c1-2-4-14-13(3-1)17-15(18-14)11-5-6-12-10(9-11)7-8-16-12/h1,3-6,9,15H,7-8H2. The molecule has 0 N–H and O–H groups in total. The molecule has 2 aromatic carbocycles. The molecule has 0 saturated heterocycles. The normalized spacial score (nSPS) is 16.4. The zero-order chi connectivity index (χ0) is 11.9. The molecule has 4 rings (SSSR count). The van der Waals surface area contributed by atoms with Crippen LogP contribution < -0.4 is 14.2 Å². The first kappa shape index (κ1) is 9.83. The Morgan fingerprint density at radius 3 is 2.94 bits per heavy atom. The van der Waals surface area contributed by atoms with Crippen LogP contribution in [0.4, 0.5) is 0 Å². The predicted octanol–water partition coefficient (Wildman–Crippen LogP) is 2.89. The summed E-state index contributed by atoms with van der Waals surface area (Å²) in [5.74, 6) is 2.50. The summed E-state index contributed by atoms with van der Waals surface area (Å²) in [6, 6.07) is 14.5. The minimum Gasteiger partial charge on any atom is -0.493 e. The molecule has 0 amide bonds. The van der Waals surface area contributed by atoms with Gasteiger partial charge in [0.1, 0.15) is 5.75 Å². The molecule has 1 unspecified atom stereocenters. The van der Waals surface area contributed by atoms with Crippen LogP contribution in [0.1, 0.15) is 17.4 Å². The van der Waals surface area contributed by atoms with Crippen LogP contribution >= 0.6 is 0 Å². The van der Waals surface area contributed by atoms with Gasteiger partial charge in [-0.25, -0.2) is 0 Å². The maximum absolute atomic E-state index is 5.77. The third kappa shape index (κ3) is 1.44. The average Bonchev–Trinajstić information content (AvgIpc) is 3.04. The third-order valence-electron chi connectivity index (χ3n) is 3.24. The van der Waals surface area contributed by atoms with E-state index in [1.165, 1.54) is 5.56 Å². The van der Waals surface area contributed by atoms with E-state index in [1.54, 1.807) is 6.07 Å². The second-order valence-electron chi connectivity index (χ2n) is 4.41. The topological polar surface area (TPSA) is 27.7 Å². The molecule has 3 nitrogen and oxygen atoms in total. The Morgan fingerprint density at radius 2 is 2.00 bits per heavy atom. The van der Waals surface area contributed by atoms with Crippen molar-refractivity contribution >= 4 is 0 Å². The summed E-state index contributed by atoms with van der Waals surface area (Å²) in [4.78, 5) is 0. The highest BCUT2D eigenvalue weighted by atomic mass is 16.7. The molecule has 1 atom stereocenters. The van der Waals surface area contributed by atoms with Crippen LogP contribution in [0.25, 0.3) is 0 Å². The lowest BCUT2D eigenvalue weighted by Crippen LogP contribution is -2.08. The van der Waals surface area contributed by atoms with E-state index in [9.17, 15) is 0 Å². The van der Waals surface area contributed by atoms with Gasteiger partial charge >= 0.3 is 0 Å². The van der Waals surface area contributed by atoms with Gasteiger partial charge in [0.25, 0.3) is 6.29 Å². The van der Waals surface area contributed by atoms with E-state index in [0.29, 0.717) is 0 Å². The zero-order valence-electron chi connectivity index (χ0n) is 9.68. The van der Waals surface area contributed by atoms with Gasteiger partial charge in [0.05, 0.1) is 6.61 Å². The number of hydrogen-bond donors (Lipinski definition) is 0. The van der Waals surface area contributed by atoms with Crippen LogP contribution in [0.15, 0.2) is 36.4 Å². The Morgan fingerprint density at radius 1 is 1.06 bits per heavy atom. The summed E-state index contributed by atoms with van der Waals surface area (Å²) >= 11 is 0. The molecule has 0 fully saturated rings. The number of rotatable bonds is 1. The van der Waals surface area contributed by atoms with Crippen LogP contribution in [0.5, 0.6) is 17.2 Å². The van der Waals surface area contributed by atoms with Gasteiger partial charge in [-0.2, -0.15) is 0 Å². The molecular weight excluding hydrogens is 228 g/mol. The number of ether oxygens (including phenoxy) is 3. The Bertz CT molecular complexity index is 581. The molecule has 0 aromatic heterocycles. The van der Waals surface area contributed by atoms with Crippen molar-refractivity contribution < 1.29 is 14.2 Å². The molecule has 3 heteroatoms. The summed E-state index contributed by atoms with van der Waals surface area (Å²) < 4.78 is 17.0. The van der Waals surface area contributed by atoms with Gasteiger partial charge in [0.15, 0.2) is 11.5 Å².